The Hall–Kier alpha value is -1.20. The molecule has 1 heterocycles. The second-order valence-corrected chi connectivity index (χ2v) is 7.83. The predicted molar refractivity (Wildman–Crippen MR) is 86.6 cm³/mol. The lowest BCUT2D eigenvalue weighted by Gasteiger charge is -2.14. The Morgan fingerprint density at radius 2 is 1.95 bits per heavy atom. The normalized spacial score (nSPS) is 11.6. The van der Waals surface area contributed by atoms with Gasteiger partial charge in [0.25, 0.3) is 0 Å². The first-order valence-electron chi connectivity index (χ1n) is 6.69. The minimum atomic E-state index is -0.261. The first kappa shape index (κ1) is 16.2. The van der Waals surface area contributed by atoms with Crippen LogP contribution in [0, 0.1) is 5.82 Å². The lowest BCUT2D eigenvalue weighted by molar-refractivity contribution is -0.116. The highest BCUT2D eigenvalue weighted by Crippen LogP contribution is 2.25. The Bertz CT molecular complexity index is 614. The molecular weight excluding hydrogens is 305 g/mol. The Balaban J connectivity index is 1.87. The van der Waals surface area contributed by atoms with Gasteiger partial charge in [-0.3, -0.25) is 4.79 Å². The van der Waals surface area contributed by atoms with Crippen molar-refractivity contribution in [3.8, 4) is 0 Å². The highest BCUT2D eigenvalue weighted by Gasteiger charge is 2.18. The third-order valence-electron chi connectivity index (χ3n) is 2.88. The minimum Gasteiger partial charge on any atom is -0.298 e. The molecule has 0 spiro atoms. The van der Waals surface area contributed by atoms with Crippen molar-refractivity contribution in [3.63, 3.8) is 0 Å². The van der Waals surface area contributed by atoms with E-state index in [1.807, 2.05) is 5.38 Å². The summed E-state index contributed by atoms with van der Waals surface area (Å²) in [5.74, 6) is 0.262. The molecule has 5 heteroatoms. The van der Waals surface area contributed by atoms with Crippen molar-refractivity contribution in [2.45, 2.75) is 37.5 Å². The van der Waals surface area contributed by atoms with Gasteiger partial charge >= 0.3 is 0 Å². The first-order chi connectivity index (χ1) is 9.84. The maximum absolute atomic E-state index is 12.8. The van der Waals surface area contributed by atoms with E-state index in [4.69, 9.17) is 0 Å². The third kappa shape index (κ3) is 4.93. The molecule has 1 aromatic heterocycles. The Kier molecular flexibility index (Phi) is 5.17. The van der Waals surface area contributed by atoms with Crippen LogP contribution in [0.4, 0.5) is 4.39 Å². The molecule has 0 atom stereocenters. The van der Waals surface area contributed by atoms with Crippen molar-refractivity contribution in [1.82, 2.24) is 4.98 Å². The van der Waals surface area contributed by atoms with Gasteiger partial charge in [-0.1, -0.05) is 20.8 Å². The summed E-state index contributed by atoms with van der Waals surface area (Å²) in [5, 5.41) is 2.89. The van der Waals surface area contributed by atoms with Crippen LogP contribution in [0.25, 0.3) is 0 Å². The van der Waals surface area contributed by atoms with E-state index in [0.29, 0.717) is 12.2 Å². The molecule has 0 amide bonds. The molecule has 0 bridgehead atoms. The van der Waals surface area contributed by atoms with E-state index in [1.54, 1.807) is 12.1 Å². The van der Waals surface area contributed by atoms with Crippen LogP contribution < -0.4 is 0 Å². The number of carbonyl (C=O) groups is 1. The van der Waals surface area contributed by atoms with Crippen LogP contribution in [0.3, 0.4) is 0 Å². The van der Waals surface area contributed by atoms with Crippen molar-refractivity contribution in [2.24, 2.45) is 0 Å². The number of hydrogen-bond acceptors (Lipinski definition) is 4. The SMILES string of the molecule is CC(C)(C)c1csc(CC(=O)CSc2ccc(F)cc2)n1. The second-order valence-electron chi connectivity index (χ2n) is 5.83. The van der Waals surface area contributed by atoms with Crippen molar-refractivity contribution >= 4 is 28.9 Å². The molecule has 0 aliphatic rings. The van der Waals surface area contributed by atoms with Crippen LogP contribution in [-0.4, -0.2) is 16.5 Å². The first-order valence-corrected chi connectivity index (χ1v) is 8.56. The third-order valence-corrected chi connectivity index (χ3v) is 4.80. The van der Waals surface area contributed by atoms with Gasteiger partial charge in [0.15, 0.2) is 0 Å². The fourth-order valence-electron chi connectivity index (χ4n) is 1.65. The van der Waals surface area contributed by atoms with Gasteiger partial charge in [0.1, 0.15) is 16.6 Å². The van der Waals surface area contributed by atoms with E-state index in [1.165, 1.54) is 35.2 Å². The number of halogens is 1. The summed E-state index contributed by atoms with van der Waals surface area (Å²) in [7, 11) is 0. The molecule has 2 nitrogen and oxygen atoms in total. The lowest BCUT2D eigenvalue weighted by Crippen LogP contribution is -2.12. The highest BCUT2D eigenvalue weighted by atomic mass is 32.2. The molecule has 0 saturated heterocycles. The number of benzene rings is 1. The number of nitrogens with zero attached hydrogens (tertiary/aromatic N) is 1. The van der Waals surface area contributed by atoms with Crippen molar-refractivity contribution < 1.29 is 9.18 Å². The van der Waals surface area contributed by atoms with E-state index < -0.39 is 0 Å². The number of carbonyl (C=O) groups excluding carboxylic acids is 1. The standard InChI is InChI=1S/C16H18FNOS2/c1-16(2,3)14-10-21-15(18-14)8-12(19)9-20-13-6-4-11(17)5-7-13/h4-7,10H,8-9H2,1-3H3. The number of thiazole rings is 1. The number of hydrogen-bond donors (Lipinski definition) is 0. The van der Waals surface area contributed by atoms with Crippen LogP contribution in [0.5, 0.6) is 0 Å². The van der Waals surface area contributed by atoms with Crippen molar-refractivity contribution in [2.75, 3.05) is 5.75 Å². The van der Waals surface area contributed by atoms with Crippen molar-refractivity contribution in [3.05, 3.63) is 46.2 Å². The van der Waals surface area contributed by atoms with Crippen LogP contribution in [0.1, 0.15) is 31.5 Å². The summed E-state index contributed by atoms with van der Waals surface area (Å²) in [4.78, 5) is 17.4. The van der Waals surface area contributed by atoms with Crippen LogP contribution in [0.15, 0.2) is 34.5 Å². The average Bonchev–Trinajstić information content (AvgIpc) is 2.86. The smallest absolute Gasteiger partial charge is 0.149 e. The summed E-state index contributed by atoms with van der Waals surface area (Å²) in [6.07, 6.45) is 0.370. The number of aromatic nitrogens is 1. The van der Waals surface area contributed by atoms with E-state index in [-0.39, 0.29) is 17.0 Å². The lowest BCUT2D eigenvalue weighted by atomic mass is 9.93. The largest absolute Gasteiger partial charge is 0.298 e. The van der Waals surface area contributed by atoms with E-state index in [2.05, 4.69) is 25.8 Å². The maximum Gasteiger partial charge on any atom is 0.149 e. The molecule has 1 aromatic carbocycles. The van der Waals surface area contributed by atoms with Gasteiger partial charge < -0.3 is 0 Å². The monoisotopic (exact) mass is 323 g/mol. The molecule has 2 aromatic rings. The summed E-state index contributed by atoms with van der Waals surface area (Å²) < 4.78 is 12.8. The molecule has 0 fully saturated rings. The summed E-state index contributed by atoms with van der Waals surface area (Å²) in [6, 6.07) is 6.19. The van der Waals surface area contributed by atoms with E-state index >= 15 is 0 Å². The average molecular weight is 323 g/mol. The molecule has 0 unspecified atom stereocenters. The molecule has 2 rings (SSSR count). The fourth-order valence-corrected chi connectivity index (χ4v) is 3.46. The molecule has 0 N–H and O–H groups in total. The number of rotatable bonds is 5. The second kappa shape index (κ2) is 6.71. The topological polar surface area (TPSA) is 30.0 Å². The fraction of sp³-hybridized carbons (Fsp3) is 0.375. The Morgan fingerprint density at radius 1 is 1.29 bits per heavy atom. The van der Waals surface area contributed by atoms with Gasteiger partial charge in [-0.15, -0.1) is 23.1 Å². The highest BCUT2D eigenvalue weighted by molar-refractivity contribution is 8.00. The zero-order chi connectivity index (χ0) is 15.5. The Labute approximate surface area is 132 Å². The van der Waals surface area contributed by atoms with Gasteiger partial charge in [0, 0.05) is 15.7 Å². The summed E-state index contributed by atoms with van der Waals surface area (Å²) in [6.45, 7) is 6.33. The van der Waals surface area contributed by atoms with Crippen molar-refractivity contribution in [1.29, 1.82) is 0 Å². The predicted octanol–water partition coefficient (Wildman–Crippen LogP) is 4.48. The molecule has 0 saturated carbocycles. The molecule has 0 radical (unpaired) electrons. The molecule has 0 aliphatic heterocycles. The quantitative estimate of drug-likeness (QED) is 0.760. The van der Waals surface area contributed by atoms with E-state index in [0.717, 1.165) is 15.6 Å². The number of thioether (sulfide) groups is 1. The van der Waals surface area contributed by atoms with Crippen LogP contribution in [0.2, 0.25) is 0 Å². The number of Topliss-reactive ketones (excluding diaryl/α,β-unsaturated/α-hetero) is 1. The van der Waals surface area contributed by atoms with Gasteiger partial charge in [0.2, 0.25) is 0 Å². The summed E-state index contributed by atoms with van der Waals surface area (Å²) in [5.41, 5.74) is 1.04. The van der Waals surface area contributed by atoms with E-state index in [9.17, 15) is 9.18 Å². The molecule has 21 heavy (non-hydrogen) atoms. The van der Waals surface area contributed by atoms with Crippen LogP contribution in [-0.2, 0) is 16.6 Å². The zero-order valence-corrected chi connectivity index (χ0v) is 14.0. The summed E-state index contributed by atoms with van der Waals surface area (Å²) >= 11 is 2.97. The zero-order valence-electron chi connectivity index (χ0n) is 12.4. The van der Waals surface area contributed by atoms with Gasteiger partial charge in [-0.05, 0) is 24.3 Å². The Morgan fingerprint density at radius 3 is 2.52 bits per heavy atom. The molecular formula is C16H18FNOS2. The van der Waals surface area contributed by atoms with Gasteiger partial charge in [0.05, 0.1) is 17.9 Å². The van der Waals surface area contributed by atoms with Gasteiger partial charge in [-0.25, -0.2) is 9.37 Å². The number of ketones is 1. The van der Waals surface area contributed by atoms with Crippen LogP contribution >= 0.6 is 23.1 Å². The minimum absolute atomic E-state index is 0.0145. The molecule has 112 valence electrons. The molecule has 0 aliphatic carbocycles. The van der Waals surface area contributed by atoms with Gasteiger partial charge in [-0.2, -0.15) is 0 Å². The maximum atomic E-state index is 12.8.